The van der Waals surface area contributed by atoms with Gasteiger partial charge >= 0.3 is 0 Å². The van der Waals surface area contributed by atoms with Crippen LogP contribution in [0.1, 0.15) is 22.7 Å². The Kier molecular flexibility index (Phi) is 3.62. The van der Waals surface area contributed by atoms with E-state index in [1.165, 1.54) is 6.07 Å². The maximum absolute atomic E-state index is 14.2. The fourth-order valence-corrected chi connectivity index (χ4v) is 2.61. The van der Waals surface area contributed by atoms with Gasteiger partial charge in [0.1, 0.15) is 5.82 Å². The summed E-state index contributed by atoms with van der Waals surface area (Å²) in [6.45, 7) is 1.96. The second-order valence-corrected chi connectivity index (χ2v) is 5.02. The van der Waals surface area contributed by atoms with Gasteiger partial charge in [-0.3, -0.25) is 9.97 Å². The van der Waals surface area contributed by atoms with E-state index in [2.05, 4.69) is 15.3 Å². The van der Waals surface area contributed by atoms with Crippen molar-refractivity contribution in [3.05, 3.63) is 71.3 Å². The van der Waals surface area contributed by atoms with E-state index in [9.17, 15) is 4.39 Å². The first-order chi connectivity index (χ1) is 10.2. The number of rotatable bonds is 3. The Hall–Kier alpha value is -2.33. The SMILES string of the molecule is CNC(c1cc(C)ccc1F)c1cccc2nccnc12. The van der Waals surface area contributed by atoms with Crippen molar-refractivity contribution in [2.75, 3.05) is 7.05 Å². The van der Waals surface area contributed by atoms with Gasteiger partial charge in [-0.25, -0.2) is 4.39 Å². The molecule has 3 aromatic rings. The number of aryl methyl sites for hydroxylation is 1. The number of aromatic nitrogens is 2. The summed E-state index contributed by atoms with van der Waals surface area (Å²) in [6, 6.07) is 10.7. The molecule has 1 unspecified atom stereocenters. The van der Waals surface area contributed by atoms with Gasteiger partial charge in [0, 0.05) is 23.5 Å². The molecule has 0 bridgehead atoms. The highest BCUT2D eigenvalue weighted by Crippen LogP contribution is 2.28. The van der Waals surface area contributed by atoms with Gasteiger partial charge in [-0.05, 0) is 26.1 Å². The summed E-state index contributed by atoms with van der Waals surface area (Å²) < 4.78 is 14.2. The van der Waals surface area contributed by atoms with Gasteiger partial charge in [0.15, 0.2) is 0 Å². The highest BCUT2D eigenvalue weighted by atomic mass is 19.1. The fourth-order valence-electron chi connectivity index (χ4n) is 2.61. The Labute approximate surface area is 122 Å². The molecule has 0 saturated heterocycles. The van der Waals surface area contributed by atoms with E-state index in [1.54, 1.807) is 18.5 Å². The lowest BCUT2D eigenvalue weighted by molar-refractivity contribution is 0.576. The van der Waals surface area contributed by atoms with Crippen LogP contribution in [-0.2, 0) is 0 Å². The largest absolute Gasteiger partial charge is 0.309 e. The van der Waals surface area contributed by atoms with E-state index in [0.29, 0.717) is 5.56 Å². The van der Waals surface area contributed by atoms with Crippen LogP contribution >= 0.6 is 0 Å². The van der Waals surface area contributed by atoms with Gasteiger partial charge in [-0.2, -0.15) is 0 Å². The highest BCUT2D eigenvalue weighted by Gasteiger charge is 2.19. The van der Waals surface area contributed by atoms with Gasteiger partial charge in [0.2, 0.25) is 0 Å². The summed E-state index contributed by atoms with van der Waals surface area (Å²) in [7, 11) is 1.82. The minimum absolute atomic E-state index is 0.221. The lowest BCUT2D eigenvalue weighted by atomic mass is 9.95. The summed E-state index contributed by atoms with van der Waals surface area (Å²) in [6.07, 6.45) is 3.32. The van der Waals surface area contributed by atoms with Crippen molar-refractivity contribution in [2.24, 2.45) is 0 Å². The molecule has 2 aromatic carbocycles. The number of fused-ring (bicyclic) bond motifs is 1. The molecule has 21 heavy (non-hydrogen) atoms. The molecule has 1 N–H and O–H groups in total. The van der Waals surface area contributed by atoms with Crippen molar-refractivity contribution < 1.29 is 4.39 Å². The van der Waals surface area contributed by atoms with Crippen molar-refractivity contribution in [3.8, 4) is 0 Å². The average molecular weight is 281 g/mol. The number of hydrogen-bond donors (Lipinski definition) is 1. The number of nitrogens with one attached hydrogen (secondary N) is 1. The fraction of sp³-hybridized carbons (Fsp3) is 0.176. The average Bonchev–Trinajstić information content (AvgIpc) is 2.51. The Morgan fingerprint density at radius 2 is 1.86 bits per heavy atom. The van der Waals surface area contributed by atoms with Gasteiger partial charge in [-0.1, -0.05) is 29.8 Å². The van der Waals surface area contributed by atoms with Crippen molar-refractivity contribution >= 4 is 11.0 Å². The molecule has 0 aliphatic carbocycles. The van der Waals surface area contributed by atoms with Gasteiger partial charge in [-0.15, -0.1) is 0 Å². The zero-order chi connectivity index (χ0) is 14.8. The van der Waals surface area contributed by atoms with Crippen LogP contribution in [0, 0.1) is 12.7 Å². The maximum Gasteiger partial charge on any atom is 0.128 e. The van der Waals surface area contributed by atoms with Crippen molar-refractivity contribution in [2.45, 2.75) is 13.0 Å². The third-order valence-electron chi connectivity index (χ3n) is 3.59. The van der Waals surface area contributed by atoms with Crippen molar-refractivity contribution in [1.82, 2.24) is 15.3 Å². The normalized spacial score (nSPS) is 12.5. The molecule has 1 heterocycles. The summed E-state index contributed by atoms with van der Waals surface area (Å²) in [5.41, 5.74) is 4.17. The smallest absolute Gasteiger partial charge is 0.128 e. The predicted octanol–water partition coefficient (Wildman–Crippen LogP) is 3.39. The number of para-hydroxylation sites is 1. The van der Waals surface area contributed by atoms with E-state index in [-0.39, 0.29) is 11.9 Å². The molecule has 1 aromatic heterocycles. The monoisotopic (exact) mass is 281 g/mol. The zero-order valence-electron chi connectivity index (χ0n) is 12.0. The predicted molar refractivity (Wildman–Crippen MR) is 81.6 cm³/mol. The molecular weight excluding hydrogens is 265 g/mol. The van der Waals surface area contributed by atoms with Crippen LogP contribution in [0.3, 0.4) is 0 Å². The number of hydrogen-bond acceptors (Lipinski definition) is 3. The summed E-state index contributed by atoms with van der Waals surface area (Å²) in [5.74, 6) is -0.221. The lowest BCUT2D eigenvalue weighted by Gasteiger charge is -2.19. The highest BCUT2D eigenvalue weighted by molar-refractivity contribution is 5.78. The zero-order valence-corrected chi connectivity index (χ0v) is 12.0. The minimum Gasteiger partial charge on any atom is -0.309 e. The lowest BCUT2D eigenvalue weighted by Crippen LogP contribution is -2.19. The van der Waals surface area contributed by atoms with Crippen LogP contribution < -0.4 is 5.32 Å². The standard InChI is InChI=1S/C17H16FN3/c1-11-6-7-14(18)13(10-11)16(19-2)12-4-3-5-15-17(12)21-9-8-20-15/h3-10,16,19H,1-2H3. The Morgan fingerprint density at radius 1 is 1.05 bits per heavy atom. The first-order valence-electron chi connectivity index (χ1n) is 6.83. The Morgan fingerprint density at radius 3 is 2.67 bits per heavy atom. The molecule has 4 heteroatoms. The van der Waals surface area contributed by atoms with Crippen LogP contribution in [0.2, 0.25) is 0 Å². The third-order valence-corrected chi connectivity index (χ3v) is 3.59. The molecule has 0 saturated carbocycles. The molecule has 0 aliphatic rings. The number of halogens is 1. The molecule has 0 spiro atoms. The van der Waals surface area contributed by atoms with Gasteiger partial charge < -0.3 is 5.32 Å². The third kappa shape index (κ3) is 2.50. The van der Waals surface area contributed by atoms with E-state index in [0.717, 1.165) is 22.2 Å². The van der Waals surface area contributed by atoms with E-state index >= 15 is 0 Å². The minimum atomic E-state index is -0.259. The molecule has 106 valence electrons. The Bertz CT molecular complexity index is 781. The van der Waals surface area contributed by atoms with Crippen LogP contribution in [0.4, 0.5) is 4.39 Å². The first-order valence-corrected chi connectivity index (χ1v) is 6.83. The summed E-state index contributed by atoms with van der Waals surface area (Å²) in [5, 5.41) is 3.19. The van der Waals surface area contributed by atoms with Crippen LogP contribution in [0.25, 0.3) is 11.0 Å². The summed E-state index contributed by atoms with van der Waals surface area (Å²) >= 11 is 0. The quantitative estimate of drug-likeness (QED) is 0.799. The van der Waals surface area contributed by atoms with Crippen molar-refractivity contribution in [1.29, 1.82) is 0 Å². The van der Waals surface area contributed by atoms with Crippen LogP contribution in [0.15, 0.2) is 48.8 Å². The Balaban J connectivity index is 2.21. The summed E-state index contributed by atoms with van der Waals surface area (Å²) in [4.78, 5) is 8.71. The topological polar surface area (TPSA) is 37.8 Å². The van der Waals surface area contributed by atoms with Crippen LogP contribution in [0.5, 0.6) is 0 Å². The second-order valence-electron chi connectivity index (χ2n) is 5.02. The molecule has 0 fully saturated rings. The van der Waals surface area contributed by atoms with Gasteiger partial charge in [0.25, 0.3) is 0 Å². The molecule has 3 rings (SSSR count). The van der Waals surface area contributed by atoms with Crippen LogP contribution in [-0.4, -0.2) is 17.0 Å². The molecular formula is C17H16FN3. The molecule has 1 atom stereocenters. The van der Waals surface area contributed by atoms with Crippen molar-refractivity contribution in [3.63, 3.8) is 0 Å². The second kappa shape index (κ2) is 5.58. The molecule has 0 aliphatic heterocycles. The van der Waals surface area contributed by atoms with E-state index < -0.39 is 0 Å². The number of benzene rings is 2. The first kappa shape index (κ1) is 13.6. The molecule has 0 amide bonds. The van der Waals surface area contributed by atoms with Gasteiger partial charge in [0.05, 0.1) is 17.1 Å². The molecule has 3 nitrogen and oxygen atoms in total. The number of nitrogens with zero attached hydrogens (tertiary/aromatic N) is 2. The van der Waals surface area contributed by atoms with E-state index in [1.807, 2.05) is 38.2 Å². The maximum atomic E-state index is 14.2. The molecule has 0 radical (unpaired) electrons. The van der Waals surface area contributed by atoms with E-state index in [4.69, 9.17) is 0 Å².